The van der Waals surface area contributed by atoms with Crippen molar-refractivity contribution in [1.29, 1.82) is 0 Å². The zero-order valence-corrected chi connectivity index (χ0v) is 27.5. The van der Waals surface area contributed by atoms with Gasteiger partial charge in [-0.05, 0) is 67.3 Å². The maximum atomic E-state index is 13.6. The van der Waals surface area contributed by atoms with Gasteiger partial charge in [0.2, 0.25) is 20.0 Å². The molecule has 13 nitrogen and oxygen atoms in total. The molecule has 0 aromatic heterocycles. The first-order valence-electron chi connectivity index (χ1n) is 15.1. The fourth-order valence-electron chi connectivity index (χ4n) is 6.00. The van der Waals surface area contributed by atoms with Gasteiger partial charge in [0, 0.05) is 19.2 Å². The molecule has 5 rings (SSSR count). The minimum Gasteiger partial charge on any atom is -0.491 e. The summed E-state index contributed by atoms with van der Waals surface area (Å²) in [4.78, 5) is 13.5. The highest BCUT2D eigenvalue weighted by Gasteiger charge is 2.47. The van der Waals surface area contributed by atoms with Gasteiger partial charge in [-0.2, -0.15) is 4.31 Å². The third kappa shape index (κ3) is 7.95. The molecule has 0 bridgehead atoms. The molecule has 2 aliphatic rings. The number of ether oxygens (including phenoxy) is 2. The number of nitrogens with one attached hydrogen (secondary N) is 1. The smallest absolute Gasteiger partial charge is 0.407 e. The lowest BCUT2D eigenvalue weighted by Gasteiger charge is -2.38. The Labute approximate surface area is 274 Å². The number of aliphatic hydroxyl groups is 2. The van der Waals surface area contributed by atoms with Crippen molar-refractivity contribution in [3.05, 3.63) is 78.4 Å². The summed E-state index contributed by atoms with van der Waals surface area (Å²) in [7, 11) is -6.20. The van der Waals surface area contributed by atoms with E-state index in [9.17, 15) is 36.9 Å². The van der Waals surface area contributed by atoms with Crippen LogP contribution in [0, 0.1) is 0 Å². The zero-order valence-electron chi connectivity index (χ0n) is 25.9. The van der Waals surface area contributed by atoms with Crippen molar-refractivity contribution < 1.29 is 46.4 Å². The molecule has 2 aliphatic heterocycles. The van der Waals surface area contributed by atoms with Crippen LogP contribution in [-0.2, 0) is 31.4 Å². The SMILES string of the molecule is CNS(=O)(=O)c1cccc(OCC(O)CN(C(=O)O)C2COC3(CCN(S(=O)(=O)c4cccc(-c5ccc(CO)cc5)c4)CC3)C2)c1. The van der Waals surface area contributed by atoms with E-state index < -0.39 is 43.9 Å². The summed E-state index contributed by atoms with van der Waals surface area (Å²) in [5.41, 5.74) is 1.64. The van der Waals surface area contributed by atoms with Gasteiger partial charge in [0.25, 0.3) is 0 Å². The van der Waals surface area contributed by atoms with Crippen LogP contribution in [0.25, 0.3) is 11.1 Å². The number of aliphatic hydroxyl groups excluding tert-OH is 2. The maximum absolute atomic E-state index is 13.6. The highest BCUT2D eigenvalue weighted by atomic mass is 32.2. The van der Waals surface area contributed by atoms with Crippen molar-refractivity contribution in [2.75, 3.05) is 39.9 Å². The third-order valence-electron chi connectivity index (χ3n) is 8.69. The second kappa shape index (κ2) is 14.3. The Kier molecular flexibility index (Phi) is 10.6. The predicted octanol–water partition coefficient (Wildman–Crippen LogP) is 2.49. The summed E-state index contributed by atoms with van der Waals surface area (Å²) in [6.07, 6.45) is -1.32. The highest BCUT2D eigenvalue weighted by molar-refractivity contribution is 7.89. The van der Waals surface area contributed by atoms with Crippen molar-refractivity contribution >= 4 is 26.1 Å². The van der Waals surface area contributed by atoms with E-state index in [1.807, 2.05) is 18.2 Å². The molecule has 2 saturated heterocycles. The van der Waals surface area contributed by atoms with E-state index in [4.69, 9.17) is 9.47 Å². The summed E-state index contributed by atoms with van der Waals surface area (Å²) >= 11 is 0. The lowest BCUT2D eigenvalue weighted by Crippen LogP contribution is -2.48. The first-order valence-corrected chi connectivity index (χ1v) is 18.1. The van der Waals surface area contributed by atoms with Gasteiger partial charge in [0.05, 0.1) is 41.2 Å². The van der Waals surface area contributed by atoms with E-state index in [2.05, 4.69) is 4.72 Å². The molecule has 3 aromatic carbocycles. The largest absolute Gasteiger partial charge is 0.491 e. The van der Waals surface area contributed by atoms with Crippen molar-refractivity contribution in [2.45, 2.75) is 53.4 Å². The monoisotopic (exact) mass is 689 g/mol. The fourth-order valence-corrected chi connectivity index (χ4v) is 8.25. The van der Waals surface area contributed by atoms with Crippen LogP contribution in [0.15, 0.2) is 82.6 Å². The van der Waals surface area contributed by atoms with Crippen LogP contribution >= 0.6 is 0 Å². The van der Waals surface area contributed by atoms with Gasteiger partial charge in [-0.3, -0.25) is 0 Å². The summed E-state index contributed by atoms with van der Waals surface area (Å²) in [6.45, 7) is -0.0907. The molecule has 0 radical (unpaired) electrons. The molecule has 254 valence electrons. The topological polar surface area (TPSA) is 183 Å². The minimum absolute atomic E-state index is 0.00920. The number of benzene rings is 3. The van der Waals surface area contributed by atoms with Crippen molar-refractivity contribution in [3.63, 3.8) is 0 Å². The van der Waals surface area contributed by atoms with Gasteiger partial charge in [-0.25, -0.2) is 26.4 Å². The Morgan fingerprint density at radius 2 is 1.70 bits per heavy atom. The van der Waals surface area contributed by atoms with Crippen LogP contribution in [0.3, 0.4) is 0 Å². The molecular formula is C32H39N3O10S2. The van der Waals surface area contributed by atoms with Gasteiger partial charge in [-0.15, -0.1) is 0 Å². The molecule has 4 N–H and O–H groups in total. The Morgan fingerprint density at radius 1 is 1.02 bits per heavy atom. The zero-order chi connectivity index (χ0) is 33.8. The van der Waals surface area contributed by atoms with Crippen molar-refractivity contribution in [1.82, 2.24) is 13.9 Å². The first-order chi connectivity index (χ1) is 22.4. The van der Waals surface area contributed by atoms with Gasteiger partial charge < -0.3 is 29.7 Å². The lowest BCUT2D eigenvalue weighted by molar-refractivity contribution is -0.0319. The molecule has 47 heavy (non-hydrogen) atoms. The molecular weight excluding hydrogens is 650 g/mol. The standard InChI is InChI=1S/C32H39N3O10S2/c1-33-46(40,41)29-6-3-5-28(17-29)44-22-27(37)19-35(31(38)39)26-18-32(45-21-26)12-14-34(15-13-32)47(42,43)30-7-2-4-25(16-30)24-10-8-23(20-36)9-11-24/h2-11,16-17,26-27,33,36-37H,12-15,18-22H2,1H3,(H,38,39). The molecule has 2 atom stereocenters. The van der Waals surface area contributed by atoms with Gasteiger partial charge in [-0.1, -0.05) is 42.5 Å². The van der Waals surface area contributed by atoms with Crippen LogP contribution in [0.1, 0.15) is 24.8 Å². The Hall–Kier alpha value is -3.57. The molecule has 3 aromatic rings. The summed E-state index contributed by atoms with van der Waals surface area (Å²) in [6, 6.07) is 19.2. The molecule has 0 saturated carbocycles. The van der Waals surface area contributed by atoms with Crippen molar-refractivity contribution in [3.8, 4) is 16.9 Å². The van der Waals surface area contributed by atoms with Gasteiger partial charge >= 0.3 is 6.09 Å². The predicted molar refractivity (Wildman–Crippen MR) is 172 cm³/mol. The number of hydrogen-bond donors (Lipinski definition) is 4. The summed E-state index contributed by atoms with van der Waals surface area (Å²) in [5.74, 6) is 0.204. The quantitative estimate of drug-likeness (QED) is 0.221. The normalized spacial score (nSPS) is 19.0. The van der Waals surface area contributed by atoms with Gasteiger partial charge in [0.15, 0.2) is 0 Å². The van der Waals surface area contributed by atoms with E-state index in [0.29, 0.717) is 19.3 Å². The number of carboxylic acid groups (broad SMARTS) is 1. The first kappa shape index (κ1) is 34.8. The van der Waals surface area contributed by atoms with E-state index in [0.717, 1.165) is 21.6 Å². The van der Waals surface area contributed by atoms with Crippen LogP contribution in [0.5, 0.6) is 5.75 Å². The number of nitrogens with zero attached hydrogens (tertiary/aromatic N) is 2. The number of piperidine rings is 1. The lowest BCUT2D eigenvalue weighted by atomic mass is 9.88. The Morgan fingerprint density at radius 3 is 2.36 bits per heavy atom. The fraction of sp³-hybridized carbons (Fsp3) is 0.406. The summed E-state index contributed by atoms with van der Waals surface area (Å²) in [5, 5.41) is 29.9. The molecule has 15 heteroatoms. The van der Waals surface area contributed by atoms with Gasteiger partial charge in [0.1, 0.15) is 18.5 Å². The highest BCUT2D eigenvalue weighted by Crippen LogP contribution is 2.39. The third-order valence-corrected chi connectivity index (χ3v) is 12.0. The molecule has 1 amide bonds. The number of rotatable bonds is 12. The molecule has 1 spiro atoms. The van der Waals surface area contributed by atoms with E-state index in [1.165, 1.54) is 35.6 Å². The Balaban J connectivity index is 1.17. The molecule has 0 aliphatic carbocycles. The van der Waals surface area contributed by atoms with Crippen LogP contribution < -0.4 is 9.46 Å². The maximum Gasteiger partial charge on any atom is 0.407 e. The second-order valence-electron chi connectivity index (χ2n) is 11.7. The van der Waals surface area contributed by atoms with E-state index >= 15 is 0 Å². The average Bonchev–Trinajstić information content (AvgIpc) is 3.49. The number of sulfonamides is 2. The van der Waals surface area contributed by atoms with E-state index in [-0.39, 0.29) is 55.0 Å². The van der Waals surface area contributed by atoms with Crippen molar-refractivity contribution in [2.24, 2.45) is 0 Å². The van der Waals surface area contributed by atoms with Crippen LogP contribution in [0.4, 0.5) is 4.79 Å². The number of hydrogen-bond acceptors (Lipinski definition) is 9. The number of amides is 1. The van der Waals surface area contributed by atoms with E-state index in [1.54, 1.807) is 30.3 Å². The number of carbonyl (C=O) groups is 1. The molecule has 2 heterocycles. The molecule has 2 fully saturated rings. The minimum atomic E-state index is -3.80. The Bertz CT molecular complexity index is 1780. The average molecular weight is 690 g/mol. The molecule has 2 unspecified atom stereocenters. The van der Waals surface area contributed by atoms with Crippen LogP contribution in [0.2, 0.25) is 0 Å². The second-order valence-corrected chi connectivity index (χ2v) is 15.5. The summed E-state index contributed by atoms with van der Waals surface area (Å²) < 4.78 is 66.6. The van der Waals surface area contributed by atoms with Crippen LogP contribution in [-0.4, -0.2) is 105 Å².